The number of aryl methyl sites for hydroxylation is 1. The minimum Gasteiger partial charge on any atom is -0.465 e. The summed E-state index contributed by atoms with van der Waals surface area (Å²) in [6, 6.07) is 7.08. The Balaban J connectivity index is 2.36. The first-order valence-corrected chi connectivity index (χ1v) is 5.95. The van der Waals surface area contributed by atoms with Gasteiger partial charge in [-0.2, -0.15) is 0 Å². The number of carbonyl (C=O) groups excluding carboxylic acids is 1. The summed E-state index contributed by atoms with van der Waals surface area (Å²) in [5.41, 5.74) is 1.43. The van der Waals surface area contributed by atoms with Gasteiger partial charge in [-0.25, -0.2) is 9.78 Å². The van der Waals surface area contributed by atoms with Crippen molar-refractivity contribution < 1.29 is 9.53 Å². The van der Waals surface area contributed by atoms with Crippen molar-refractivity contribution in [1.82, 2.24) is 9.55 Å². The van der Waals surface area contributed by atoms with Crippen molar-refractivity contribution >= 4 is 17.6 Å². The molecule has 0 bridgehead atoms. The lowest BCUT2D eigenvalue weighted by Gasteiger charge is -2.05. The number of aromatic nitrogens is 2. The van der Waals surface area contributed by atoms with Crippen LogP contribution in [-0.4, -0.2) is 22.6 Å². The molecule has 94 valence electrons. The minimum atomic E-state index is -0.349. The van der Waals surface area contributed by atoms with Crippen LogP contribution in [0.3, 0.4) is 0 Å². The SMILES string of the molecule is CCn1cc(Cl)nc1-c1ccc(C(=O)OC)cc1. The normalized spacial score (nSPS) is 10.4. The third-order valence-corrected chi connectivity index (χ3v) is 2.83. The van der Waals surface area contributed by atoms with Gasteiger partial charge in [-0.05, 0) is 19.1 Å². The second-order valence-electron chi connectivity index (χ2n) is 3.74. The minimum absolute atomic E-state index is 0.349. The van der Waals surface area contributed by atoms with Crippen molar-refractivity contribution in [2.45, 2.75) is 13.5 Å². The molecular formula is C13H13ClN2O2. The molecule has 0 N–H and O–H groups in total. The number of benzene rings is 1. The Hall–Kier alpha value is -1.81. The molecule has 1 heterocycles. The Kier molecular flexibility index (Phi) is 3.67. The fraction of sp³-hybridized carbons (Fsp3) is 0.231. The molecule has 18 heavy (non-hydrogen) atoms. The summed E-state index contributed by atoms with van der Waals surface area (Å²) in [6.45, 7) is 2.80. The molecule has 0 saturated carbocycles. The monoisotopic (exact) mass is 264 g/mol. The van der Waals surface area contributed by atoms with Gasteiger partial charge in [0, 0.05) is 18.3 Å². The molecule has 0 saturated heterocycles. The number of ether oxygens (including phenoxy) is 1. The van der Waals surface area contributed by atoms with E-state index in [9.17, 15) is 4.79 Å². The number of halogens is 1. The maximum Gasteiger partial charge on any atom is 0.337 e. The van der Waals surface area contributed by atoms with Gasteiger partial charge in [0.15, 0.2) is 0 Å². The molecule has 0 atom stereocenters. The van der Waals surface area contributed by atoms with Crippen LogP contribution in [0, 0.1) is 0 Å². The largest absolute Gasteiger partial charge is 0.465 e. The van der Waals surface area contributed by atoms with Gasteiger partial charge in [0.2, 0.25) is 0 Å². The molecule has 0 aliphatic heterocycles. The smallest absolute Gasteiger partial charge is 0.337 e. The molecular weight excluding hydrogens is 252 g/mol. The third-order valence-electron chi connectivity index (χ3n) is 2.65. The van der Waals surface area contributed by atoms with E-state index in [0.717, 1.165) is 17.9 Å². The third kappa shape index (κ3) is 2.38. The van der Waals surface area contributed by atoms with Crippen LogP contribution in [0.25, 0.3) is 11.4 Å². The summed E-state index contributed by atoms with van der Waals surface area (Å²) in [6.07, 6.45) is 1.78. The summed E-state index contributed by atoms with van der Waals surface area (Å²) < 4.78 is 6.60. The van der Waals surface area contributed by atoms with E-state index in [1.165, 1.54) is 7.11 Å². The van der Waals surface area contributed by atoms with E-state index in [2.05, 4.69) is 9.72 Å². The summed E-state index contributed by atoms with van der Waals surface area (Å²) in [5, 5.41) is 0.462. The molecule has 1 aromatic carbocycles. The molecule has 0 amide bonds. The number of imidazole rings is 1. The van der Waals surface area contributed by atoms with Gasteiger partial charge in [-0.1, -0.05) is 23.7 Å². The van der Waals surface area contributed by atoms with Crippen molar-refractivity contribution in [2.75, 3.05) is 7.11 Å². The van der Waals surface area contributed by atoms with Crippen LogP contribution in [0.2, 0.25) is 5.15 Å². The van der Waals surface area contributed by atoms with Gasteiger partial charge in [0.1, 0.15) is 11.0 Å². The van der Waals surface area contributed by atoms with E-state index in [1.54, 1.807) is 18.3 Å². The van der Waals surface area contributed by atoms with Crippen LogP contribution in [0.15, 0.2) is 30.5 Å². The molecule has 4 nitrogen and oxygen atoms in total. The molecule has 5 heteroatoms. The first-order valence-electron chi connectivity index (χ1n) is 5.57. The highest BCUT2D eigenvalue weighted by Crippen LogP contribution is 2.21. The van der Waals surface area contributed by atoms with Crippen LogP contribution in [0.4, 0.5) is 0 Å². The summed E-state index contributed by atoms with van der Waals surface area (Å²) in [4.78, 5) is 15.6. The van der Waals surface area contributed by atoms with Gasteiger partial charge in [0.05, 0.1) is 12.7 Å². The maximum absolute atomic E-state index is 11.3. The van der Waals surface area contributed by atoms with Crippen LogP contribution in [0.5, 0.6) is 0 Å². The molecule has 0 aliphatic rings. The van der Waals surface area contributed by atoms with E-state index in [1.807, 2.05) is 23.6 Å². The van der Waals surface area contributed by atoms with Gasteiger partial charge in [-0.3, -0.25) is 0 Å². The van der Waals surface area contributed by atoms with Crippen molar-refractivity contribution in [3.8, 4) is 11.4 Å². The topological polar surface area (TPSA) is 44.1 Å². The van der Waals surface area contributed by atoms with Gasteiger partial charge >= 0.3 is 5.97 Å². The quantitative estimate of drug-likeness (QED) is 0.801. The molecule has 0 fully saturated rings. The molecule has 1 aromatic heterocycles. The number of methoxy groups -OCH3 is 1. The van der Waals surface area contributed by atoms with Crippen molar-refractivity contribution in [1.29, 1.82) is 0 Å². The highest BCUT2D eigenvalue weighted by molar-refractivity contribution is 6.29. The van der Waals surface area contributed by atoms with Crippen molar-refractivity contribution in [2.24, 2.45) is 0 Å². The average molecular weight is 265 g/mol. The van der Waals surface area contributed by atoms with E-state index in [4.69, 9.17) is 11.6 Å². The Bertz CT molecular complexity index is 561. The lowest BCUT2D eigenvalue weighted by Crippen LogP contribution is -2.01. The number of hydrogen-bond donors (Lipinski definition) is 0. The molecule has 0 unspecified atom stereocenters. The summed E-state index contributed by atoms with van der Waals surface area (Å²) in [5.74, 6) is 0.442. The molecule has 0 aliphatic carbocycles. The zero-order valence-electron chi connectivity index (χ0n) is 10.2. The van der Waals surface area contributed by atoms with Crippen LogP contribution < -0.4 is 0 Å². The Morgan fingerprint density at radius 2 is 2.06 bits per heavy atom. The zero-order chi connectivity index (χ0) is 13.1. The second-order valence-corrected chi connectivity index (χ2v) is 4.13. The maximum atomic E-state index is 11.3. The molecule has 0 spiro atoms. The second kappa shape index (κ2) is 5.23. The summed E-state index contributed by atoms with van der Waals surface area (Å²) >= 11 is 5.89. The number of hydrogen-bond acceptors (Lipinski definition) is 3. The van der Waals surface area contributed by atoms with Gasteiger partial charge in [0.25, 0.3) is 0 Å². The lowest BCUT2D eigenvalue weighted by atomic mass is 10.1. The van der Waals surface area contributed by atoms with E-state index >= 15 is 0 Å². The van der Waals surface area contributed by atoms with E-state index < -0.39 is 0 Å². The van der Waals surface area contributed by atoms with Crippen LogP contribution in [0.1, 0.15) is 17.3 Å². The fourth-order valence-electron chi connectivity index (χ4n) is 1.73. The predicted octanol–water partition coefficient (Wildman–Crippen LogP) is 3.01. The van der Waals surface area contributed by atoms with Crippen molar-refractivity contribution in [3.63, 3.8) is 0 Å². The number of carbonyl (C=O) groups is 1. The molecule has 0 radical (unpaired) electrons. The Labute approximate surface area is 110 Å². The van der Waals surface area contributed by atoms with Crippen LogP contribution in [-0.2, 0) is 11.3 Å². The van der Waals surface area contributed by atoms with Gasteiger partial charge in [-0.15, -0.1) is 0 Å². The standard InChI is InChI=1S/C13H13ClN2O2/c1-3-16-8-11(14)15-12(16)9-4-6-10(7-5-9)13(17)18-2/h4-8H,3H2,1-2H3. The lowest BCUT2D eigenvalue weighted by molar-refractivity contribution is 0.0601. The fourth-order valence-corrected chi connectivity index (χ4v) is 1.93. The Morgan fingerprint density at radius 1 is 1.39 bits per heavy atom. The van der Waals surface area contributed by atoms with Gasteiger partial charge < -0.3 is 9.30 Å². The number of esters is 1. The summed E-state index contributed by atoms with van der Waals surface area (Å²) in [7, 11) is 1.36. The van der Waals surface area contributed by atoms with E-state index in [-0.39, 0.29) is 5.97 Å². The zero-order valence-corrected chi connectivity index (χ0v) is 10.9. The molecule has 2 aromatic rings. The number of rotatable bonds is 3. The first-order chi connectivity index (χ1) is 8.65. The van der Waals surface area contributed by atoms with Crippen LogP contribution >= 0.6 is 11.6 Å². The van der Waals surface area contributed by atoms with E-state index in [0.29, 0.717) is 10.7 Å². The average Bonchev–Trinajstić information content (AvgIpc) is 2.79. The Morgan fingerprint density at radius 3 is 2.61 bits per heavy atom. The first kappa shape index (κ1) is 12.6. The molecule has 2 rings (SSSR count). The highest BCUT2D eigenvalue weighted by Gasteiger charge is 2.10. The predicted molar refractivity (Wildman–Crippen MR) is 69.7 cm³/mol. The number of nitrogens with zero attached hydrogens (tertiary/aromatic N) is 2. The highest BCUT2D eigenvalue weighted by atomic mass is 35.5. The van der Waals surface area contributed by atoms with Crippen molar-refractivity contribution in [3.05, 3.63) is 41.2 Å².